The van der Waals surface area contributed by atoms with Gasteiger partial charge in [0.15, 0.2) is 0 Å². The first-order chi connectivity index (χ1) is 13.1. The minimum Gasteiger partial charge on any atom is -0.477 e. The summed E-state index contributed by atoms with van der Waals surface area (Å²) in [6, 6.07) is 18.9. The van der Waals surface area contributed by atoms with Gasteiger partial charge in [-0.05, 0) is 25.0 Å². The quantitative estimate of drug-likeness (QED) is 0.635. The average Bonchev–Trinajstić information content (AvgIpc) is 3.11. The molecule has 0 radical (unpaired) electrons. The third kappa shape index (κ3) is 3.64. The number of carbonyl (C=O) groups excluding carboxylic acids is 1. The molecule has 4 nitrogen and oxygen atoms in total. The summed E-state index contributed by atoms with van der Waals surface area (Å²) < 4.78 is 0. The van der Waals surface area contributed by atoms with Gasteiger partial charge >= 0.3 is 5.97 Å². The van der Waals surface area contributed by atoms with Gasteiger partial charge in [-0.2, -0.15) is 0 Å². The first kappa shape index (κ1) is 18.9. The normalized spacial score (nSPS) is 10.6. The molecule has 0 fully saturated rings. The van der Waals surface area contributed by atoms with E-state index in [0.29, 0.717) is 29.1 Å². The van der Waals surface area contributed by atoms with Crippen molar-refractivity contribution < 1.29 is 14.7 Å². The summed E-state index contributed by atoms with van der Waals surface area (Å²) in [5.74, 6) is -1.15. The third-order valence-corrected chi connectivity index (χ3v) is 5.64. The number of carbonyl (C=O) groups is 2. The number of rotatable bonds is 6. The standard InChI is InChI=1S/C22H21NO3S/c1-3-23(4-2)21(24)19-17(15-11-7-5-8-12-15)18(20(27-19)22(25)26)16-13-9-6-10-14-16/h5-14H,3-4H2,1-2H3,(H,25,26). The second-order valence-electron chi connectivity index (χ2n) is 6.02. The van der Waals surface area contributed by atoms with Crippen LogP contribution in [0.15, 0.2) is 60.7 Å². The molecule has 0 unspecified atom stereocenters. The van der Waals surface area contributed by atoms with E-state index in [2.05, 4.69) is 0 Å². The molecule has 138 valence electrons. The van der Waals surface area contributed by atoms with Crippen molar-refractivity contribution in [1.82, 2.24) is 4.90 Å². The van der Waals surface area contributed by atoms with Crippen LogP contribution < -0.4 is 0 Å². The summed E-state index contributed by atoms with van der Waals surface area (Å²) in [5, 5.41) is 9.83. The van der Waals surface area contributed by atoms with Crippen molar-refractivity contribution >= 4 is 23.2 Å². The molecule has 3 aromatic rings. The van der Waals surface area contributed by atoms with E-state index in [1.165, 1.54) is 0 Å². The molecule has 0 aliphatic carbocycles. The van der Waals surface area contributed by atoms with E-state index in [9.17, 15) is 14.7 Å². The second-order valence-corrected chi connectivity index (χ2v) is 7.05. The average molecular weight is 379 g/mol. The Labute approximate surface area is 162 Å². The van der Waals surface area contributed by atoms with Crippen LogP contribution in [0.5, 0.6) is 0 Å². The number of benzene rings is 2. The number of carboxylic acids is 1. The van der Waals surface area contributed by atoms with E-state index in [0.717, 1.165) is 22.5 Å². The van der Waals surface area contributed by atoms with Gasteiger partial charge in [0, 0.05) is 24.2 Å². The highest BCUT2D eigenvalue weighted by atomic mass is 32.1. The van der Waals surface area contributed by atoms with E-state index < -0.39 is 5.97 Å². The number of hydrogen-bond acceptors (Lipinski definition) is 3. The summed E-state index contributed by atoms with van der Waals surface area (Å²) in [7, 11) is 0. The summed E-state index contributed by atoms with van der Waals surface area (Å²) in [4.78, 5) is 27.6. The molecule has 0 aliphatic heterocycles. The van der Waals surface area contributed by atoms with Crippen LogP contribution in [0.3, 0.4) is 0 Å². The maximum absolute atomic E-state index is 13.2. The smallest absolute Gasteiger partial charge is 0.346 e. The monoisotopic (exact) mass is 379 g/mol. The van der Waals surface area contributed by atoms with Crippen molar-refractivity contribution in [2.75, 3.05) is 13.1 Å². The minimum absolute atomic E-state index is 0.131. The van der Waals surface area contributed by atoms with Crippen molar-refractivity contribution in [3.63, 3.8) is 0 Å². The maximum Gasteiger partial charge on any atom is 0.346 e. The first-order valence-electron chi connectivity index (χ1n) is 8.88. The molecule has 0 atom stereocenters. The van der Waals surface area contributed by atoms with Gasteiger partial charge in [0.05, 0.1) is 0 Å². The lowest BCUT2D eigenvalue weighted by Crippen LogP contribution is -2.30. The van der Waals surface area contributed by atoms with Crippen LogP contribution in [0, 0.1) is 0 Å². The Balaban J connectivity index is 2.35. The highest BCUT2D eigenvalue weighted by Gasteiger charge is 2.29. The molecule has 5 heteroatoms. The fourth-order valence-corrected chi connectivity index (χ4v) is 4.30. The summed E-state index contributed by atoms with van der Waals surface area (Å²) in [6.07, 6.45) is 0. The fourth-order valence-electron chi connectivity index (χ4n) is 3.15. The molecule has 0 saturated carbocycles. The molecular formula is C22H21NO3S. The second kappa shape index (κ2) is 8.18. The third-order valence-electron chi connectivity index (χ3n) is 4.47. The summed E-state index contributed by atoms with van der Waals surface area (Å²) in [5.41, 5.74) is 2.94. The van der Waals surface area contributed by atoms with E-state index >= 15 is 0 Å². The van der Waals surface area contributed by atoms with Crippen LogP contribution in [-0.4, -0.2) is 35.0 Å². The zero-order valence-corrected chi connectivity index (χ0v) is 16.1. The topological polar surface area (TPSA) is 57.6 Å². The van der Waals surface area contributed by atoms with Crippen molar-refractivity contribution in [2.24, 2.45) is 0 Å². The van der Waals surface area contributed by atoms with Gasteiger partial charge in [0.2, 0.25) is 0 Å². The van der Waals surface area contributed by atoms with Crippen LogP contribution in [-0.2, 0) is 0 Å². The predicted molar refractivity (Wildman–Crippen MR) is 109 cm³/mol. The Hall–Kier alpha value is -2.92. The Bertz CT molecular complexity index is 944. The van der Waals surface area contributed by atoms with Gasteiger partial charge in [-0.3, -0.25) is 4.79 Å². The minimum atomic E-state index is -1.02. The lowest BCUT2D eigenvalue weighted by Gasteiger charge is -2.19. The van der Waals surface area contributed by atoms with E-state index in [1.807, 2.05) is 74.5 Å². The molecule has 27 heavy (non-hydrogen) atoms. The van der Waals surface area contributed by atoms with Crippen LogP contribution in [0.25, 0.3) is 22.3 Å². The molecule has 1 heterocycles. The SMILES string of the molecule is CCN(CC)C(=O)c1sc(C(=O)O)c(-c2ccccc2)c1-c1ccccc1. The molecule has 0 aliphatic rings. The zero-order chi connectivity index (χ0) is 19.4. The number of nitrogens with zero attached hydrogens (tertiary/aromatic N) is 1. The maximum atomic E-state index is 13.2. The highest BCUT2D eigenvalue weighted by molar-refractivity contribution is 7.17. The van der Waals surface area contributed by atoms with Gasteiger partial charge in [0.1, 0.15) is 9.75 Å². The molecule has 3 rings (SSSR count). The van der Waals surface area contributed by atoms with Gasteiger partial charge in [-0.15, -0.1) is 11.3 Å². The summed E-state index contributed by atoms with van der Waals surface area (Å²) in [6.45, 7) is 5.00. The van der Waals surface area contributed by atoms with E-state index in [-0.39, 0.29) is 10.8 Å². The van der Waals surface area contributed by atoms with Crippen molar-refractivity contribution in [3.8, 4) is 22.3 Å². The number of aromatic carboxylic acids is 1. The molecular weight excluding hydrogens is 358 g/mol. The molecule has 0 bridgehead atoms. The zero-order valence-electron chi connectivity index (χ0n) is 15.3. The van der Waals surface area contributed by atoms with Crippen molar-refractivity contribution in [1.29, 1.82) is 0 Å². The largest absolute Gasteiger partial charge is 0.477 e. The molecule has 2 aromatic carbocycles. The molecule has 1 amide bonds. The Morgan fingerprint density at radius 2 is 1.26 bits per heavy atom. The van der Waals surface area contributed by atoms with Crippen LogP contribution >= 0.6 is 11.3 Å². The molecule has 0 spiro atoms. The number of thiophene rings is 1. The van der Waals surface area contributed by atoms with Gasteiger partial charge in [-0.1, -0.05) is 60.7 Å². The Morgan fingerprint density at radius 3 is 1.67 bits per heavy atom. The van der Waals surface area contributed by atoms with Gasteiger partial charge in [-0.25, -0.2) is 4.79 Å². The first-order valence-corrected chi connectivity index (χ1v) is 9.70. The molecule has 0 saturated heterocycles. The van der Waals surface area contributed by atoms with Crippen molar-refractivity contribution in [3.05, 3.63) is 70.4 Å². The predicted octanol–water partition coefficient (Wildman–Crippen LogP) is 5.26. The van der Waals surface area contributed by atoms with Gasteiger partial charge in [0.25, 0.3) is 5.91 Å². The van der Waals surface area contributed by atoms with Crippen molar-refractivity contribution in [2.45, 2.75) is 13.8 Å². The fraction of sp³-hybridized carbons (Fsp3) is 0.182. The highest BCUT2D eigenvalue weighted by Crippen LogP contribution is 2.43. The van der Waals surface area contributed by atoms with Crippen LogP contribution in [0.1, 0.15) is 33.2 Å². The van der Waals surface area contributed by atoms with Gasteiger partial charge < -0.3 is 10.0 Å². The molecule has 1 N–H and O–H groups in total. The lowest BCUT2D eigenvalue weighted by molar-refractivity contribution is 0.0702. The lowest BCUT2D eigenvalue weighted by atomic mass is 9.94. The van der Waals surface area contributed by atoms with E-state index in [4.69, 9.17) is 0 Å². The Morgan fingerprint density at radius 1 is 0.815 bits per heavy atom. The van der Waals surface area contributed by atoms with Crippen LogP contribution in [0.2, 0.25) is 0 Å². The number of hydrogen-bond donors (Lipinski definition) is 1. The van der Waals surface area contributed by atoms with Crippen LogP contribution in [0.4, 0.5) is 0 Å². The number of carboxylic acid groups (broad SMARTS) is 1. The Kier molecular flexibility index (Phi) is 5.72. The number of amides is 1. The van der Waals surface area contributed by atoms with E-state index in [1.54, 1.807) is 4.90 Å². The summed E-state index contributed by atoms with van der Waals surface area (Å²) >= 11 is 1.06. The molecule has 1 aromatic heterocycles.